The van der Waals surface area contributed by atoms with Crippen LogP contribution < -0.4 is 10.6 Å². The van der Waals surface area contributed by atoms with E-state index in [1.165, 1.54) is 49.8 Å². The molecule has 0 fully saturated rings. The van der Waals surface area contributed by atoms with Gasteiger partial charge in [0, 0.05) is 25.3 Å². The van der Waals surface area contributed by atoms with Crippen LogP contribution in [0, 0.1) is 0 Å². The number of benzene rings is 1. The molecule has 2 heteroatoms. The van der Waals surface area contributed by atoms with Crippen LogP contribution in [-0.4, -0.2) is 19.6 Å². The molecule has 114 valence electrons. The molecular formula is C18H32N2. The van der Waals surface area contributed by atoms with Crippen LogP contribution in [0.15, 0.2) is 24.3 Å². The van der Waals surface area contributed by atoms with Gasteiger partial charge in [-0.1, -0.05) is 58.1 Å². The number of nitrogens with zero attached hydrogens (tertiary/aromatic N) is 1. The zero-order valence-electron chi connectivity index (χ0n) is 13.6. The first-order valence-electron chi connectivity index (χ1n) is 8.24. The minimum Gasteiger partial charge on any atom is -0.370 e. The molecule has 0 amide bonds. The summed E-state index contributed by atoms with van der Waals surface area (Å²) in [5.41, 5.74) is 8.64. The van der Waals surface area contributed by atoms with E-state index in [0.29, 0.717) is 6.04 Å². The van der Waals surface area contributed by atoms with Gasteiger partial charge in [-0.05, 0) is 30.5 Å². The Balaban J connectivity index is 2.46. The van der Waals surface area contributed by atoms with Crippen molar-refractivity contribution in [2.45, 2.75) is 64.8 Å². The van der Waals surface area contributed by atoms with E-state index < -0.39 is 0 Å². The molecule has 1 atom stereocenters. The van der Waals surface area contributed by atoms with Gasteiger partial charge in [0.15, 0.2) is 0 Å². The Morgan fingerprint density at radius 2 is 1.65 bits per heavy atom. The van der Waals surface area contributed by atoms with Gasteiger partial charge in [-0.2, -0.15) is 0 Å². The molecule has 1 aromatic carbocycles. The second-order valence-electron chi connectivity index (χ2n) is 5.72. The lowest BCUT2D eigenvalue weighted by Crippen LogP contribution is -2.37. The number of anilines is 1. The van der Waals surface area contributed by atoms with Crippen molar-refractivity contribution in [2.75, 3.05) is 18.5 Å². The van der Waals surface area contributed by atoms with Crippen molar-refractivity contribution >= 4 is 5.69 Å². The van der Waals surface area contributed by atoms with Crippen molar-refractivity contribution in [2.24, 2.45) is 5.73 Å². The van der Waals surface area contributed by atoms with Gasteiger partial charge in [0.1, 0.15) is 0 Å². The molecule has 20 heavy (non-hydrogen) atoms. The molecule has 1 rings (SSSR count). The molecular weight excluding hydrogens is 244 g/mol. The fraction of sp³-hybridized carbons (Fsp3) is 0.667. The molecule has 0 saturated carbocycles. The van der Waals surface area contributed by atoms with E-state index in [-0.39, 0.29) is 0 Å². The average molecular weight is 276 g/mol. The number of aryl methyl sites for hydroxylation is 1. The van der Waals surface area contributed by atoms with Gasteiger partial charge in [-0.3, -0.25) is 0 Å². The molecule has 0 aromatic heterocycles. The Labute approximate surface area is 125 Å². The fourth-order valence-corrected chi connectivity index (χ4v) is 2.63. The number of hydrogen-bond donors (Lipinski definition) is 1. The Kier molecular flexibility index (Phi) is 8.36. The monoisotopic (exact) mass is 276 g/mol. The summed E-state index contributed by atoms with van der Waals surface area (Å²) in [5.74, 6) is 0. The summed E-state index contributed by atoms with van der Waals surface area (Å²) in [7, 11) is 2.17. The largest absolute Gasteiger partial charge is 0.370 e. The second kappa shape index (κ2) is 9.82. The molecule has 2 N–H and O–H groups in total. The van der Waals surface area contributed by atoms with Crippen molar-refractivity contribution < 1.29 is 0 Å². The third-order valence-electron chi connectivity index (χ3n) is 4.21. The molecule has 0 spiro atoms. The molecule has 0 heterocycles. The van der Waals surface area contributed by atoms with Crippen LogP contribution in [0.3, 0.4) is 0 Å². The third kappa shape index (κ3) is 5.54. The maximum Gasteiger partial charge on any atom is 0.0409 e. The van der Waals surface area contributed by atoms with Crippen molar-refractivity contribution in [1.82, 2.24) is 0 Å². The molecule has 0 bridgehead atoms. The number of unbranched alkanes of at least 4 members (excludes halogenated alkanes) is 4. The highest BCUT2D eigenvalue weighted by Gasteiger charge is 2.13. The molecule has 2 nitrogen and oxygen atoms in total. The van der Waals surface area contributed by atoms with Crippen LogP contribution in [0.5, 0.6) is 0 Å². The summed E-state index contributed by atoms with van der Waals surface area (Å²) < 4.78 is 0. The van der Waals surface area contributed by atoms with Gasteiger partial charge in [0.05, 0.1) is 0 Å². The van der Waals surface area contributed by atoms with Crippen molar-refractivity contribution in [3.05, 3.63) is 29.8 Å². The summed E-state index contributed by atoms with van der Waals surface area (Å²) >= 11 is 0. The molecule has 0 aliphatic rings. The van der Waals surface area contributed by atoms with Crippen LogP contribution in [0.25, 0.3) is 0 Å². The Morgan fingerprint density at radius 1 is 1.00 bits per heavy atom. The van der Waals surface area contributed by atoms with Crippen LogP contribution in [0.4, 0.5) is 5.69 Å². The lowest BCUT2D eigenvalue weighted by molar-refractivity contribution is 0.528. The van der Waals surface area contributed by atoms with Gasteiger partial charge in [-0.25, -0.2) is 0 Å². The quantitative estimate of drug-likeness (QED) is 0.643. The maximum absolute atomic E-state index is 5.97. The molecule has 0 aliphatic carbocycles. The van der Waals surface area contributed by atoms with Crippen molar-refractivity contribution in [3.63, 3.8) is 0 Å². The zero-order chi connectivity index (χ0) is 14.8. The SMILES string of the molecule is CCCCCCCC(CN)N(C)c1ccc(CC)cc1. The molecule has 1 aromatic rings. The first kappa shape index (κ1) is 17.0. The van der Waals surface area contributed by atoms with E-state index in [1.807, 2.05) is 0 Å². The number of hydrogen-bond acceptors (Lipinski definition) is 2. The minimum absolute atomic E-state index is 0.462. The van der Waals surface area contributed by atoms with E-state index >= 15 is 0 Å². The summed E-state index contributed by atoms with van der Waals surface area (Å²) in [6.07, 6.45) is 8.97. The molecule has 0 saturated heterocycles. The van der Waals surface area contributed by atoms with E-state index in [0.717, 1.165) is 13.0 Å². The average Bonchev–Trinajstić information content (AvgIpc) is 2.50. The van der Waals surface area contributed by atoms with E-state index in [1.54, 1.807) is 0 Å². The van der Waals surface area contributed by atoms with Gasteiger partial charge >= 0.3 is 0 Å². The Bertz CT molecular complexity index is 345. The smallest absolute Gasteiger partial charge is 0.0409 e. The first-order valence-corrected chi connectivity index (χ1v) is 8.24. The van der Waals surface area contributed by atoms with Crippen LogP contribution >= 0.6 is 0 Å². The van der Waals surface area contributed by atoms with Crippen molar-refractivity contribution in [3.8, 4) is 0 Å². The van der Waals surface area contributed by atoms with Crippen molar-refractivity contribution in [1.29, 1.82) is 0 Å². The predicted octanol–water partition coefficient (Wildman–Crippen LogP) is 4.37. The van der Waals surface area contributed by atoms with E-state index in [9.17, 15) is 0 Å². The molecule has 0 aliphatic heterocycles. The Morgan fingerprint density at radius 3 is 2.20 bits per heavy atom. The summed E-state index contributed by atoms with van der Waals surface area (Å²) in [6.45, 7) is 5.19. The Hall–Kier alpha value is -1.02. The maximum atomic E-state index is 5.97. The molecule has 0 radical (unpaired) electrons. The lowest BCUT2D eigenvalue weighted by Gasteiger charge is -2.29. The lowest BCUT2D eigenvalue weighted by atomic mass is 10.0. The second-order valence-corrected chi connectivity index (χ2v) is 5.72. The van der Waals surface area contributed by atoms with Crippen LogP contribution in [-0.2, 0) is 6.42 Å². The van der Waals surface area contributed by atoms with Gasteiger partial charge in [0.2, 0.25) is 0 Å². The zero-order valence-corrected chi connectivity index (χ0v) is 13.6. The van der Waals surface area contributed by atoms with Gasteiger partial charge in [-0.15, -0.1) is 0 Å². The number of nitrogens with two attached hydrogens (primary N) is 1. The topological polar surface area (TPSA) is 29.3 Å². The molecule has 1 unspecified atom stereocenters. The first-order chi connectivity index (χ1) is 9.72. The normalized spacial score (nSPS) is 12.4. The van der Waals surface area contributed by atoms with Crippen LogP contribution in [0.2, 0.25) is 0 Å². The fourth-order valence-electron chi connectivity index (χ4n) is 2.63. The number of likely N-dealkylation sites (N-methyl/N-ethyl adjacent to an activating group) is 1. The summed E-state index contributed by atoms with van der Waals surface area (Å²) in [6, 6.07) is 9.35. The predicted molar refractivity (Wildman–Crippen MR) is 90.4 cm³/mol. The summed E-state index contributed by atoms with van der Waals surface area (Å²) in [4.78, 5) is 2.35. The third-order valence-corrected chi connectivity index (χ3v) is 4.21. The highest BCUT2D eigenvalue weighted by Crippen LogP contribution is 2.19. The summed E-state index contributed by atoms with van der Waals surface area (Å²) in [5, 5.41) is 0. The standard InChI is InChI=1S/C18H32N2/c1-4-6-7-8-9-10-18(15-19)20(3)17-13-11-16(5-2)12-14-17/h11-14,18H,4-10,15,19H2,1-3H3. The van der Waals surface area contributed by atoms with E-state index in [2.05, 4.69) is 50.1 Å². The van der Waals surface area contributed by atoms with Crippen LogP contribution in [0.1, 0.15) is 57.9 Å². The van der Waals surface area contributed by atoms with E-state index in [4.69, 9.17) is 5.73 Å². The van der Waals surface area contributed by atoms with Gasteiger partial charge in [0.25, 0.3) is 0 Å². The minimum atomic E-state index is 0.462. The highest BCUT2D eigenvalue weighted by atomic mass is 15.1. The van der Waals surface area contributed by atoms with Gasteiger partial charge < -0.3 is 10.6 Å². The number of rotatable bonds is 10. The highest BCUT2D eigenvalue weighted by molar-refractivity contribution is 5.47.